The van der Waals surface area contributed by atoms with Crippen molar-refractivity contribution in [1.29, 1.82) is 0 Å². The Bertz CT molecular complexity index is 1440. The Morgan fingerprint density at radius 2 is 2.06 bits per heavy atom. The minimum absolute atomic E-state index is 0.0122. The molecule has 7 nitrogen and oxygen atoms in total. The van der Waals surface area contributed by atoms with E-state index < -0.39 is 5.82 Å². The summed E-state index contributed by atoms with van der Waals surface area (Å²) in [5.41, 5.74) is 3.73. The summed E-state index contributed by atoms with van der Waals surface area (Å²) < 4.78 is 21.1. The van der Waals surface area contributed by atoms with Gasteiger partial charge in [-0.2, -0.15) is 4.98 Å². The van der Waals surface area contributed by atoms with Gasteiger partial charge >= 0.3 is 0 Å². The standard InChI is InChI=1S/C26H24ClFN6OS/c1-36-26-31-21-19-24(33-26)34(12-13-35-25(19)32-22(27)20(21)28)17-9-5-8-16-10-11-29-23(18(16)17)30-14-15-6-3-2-4-7-15/h2-4,6-7,10-11,17H,5,8-9,12-14H2,1H3,(H,29,30). The van der Waals surface area contributed by atoms with Gasteiger partial charge in [0.2, 0.25) is 5.88 Å². The third kappa shape index (κ3) is 4.10. The lowest BCUT2D eigenvalue weighted by Crippen LogP contribution is -2.35. The maximum Gasteiger partial charge on any atom is 0.228 e. The average molecular weight is 523 g/mol. The molecule has 0 saturated heterocycles. The van der Waals surface area contributed by atoms with Crippen LogP contribution in [0.4, 0.5) is 16.0 Å². The first-order valence-corrected chi connectivity index (χ1v) is 13.5. The van der Waals surface area contributed by atoms with Gasteiger partial charge in [0.1, 0.15) is 29.1 Å². The van der Waals surface area contributed by atoms with Crippen LogP contribution in [0.1, 0.15) is 35.6 Å². The van der Waals surface area contributed by atoms with Crippen LogP contribution in [0.25, 0.3) is 10.9 Å². The summed E-state index contributed by atoms with van der Waals surface area (Å²) in [4.78, 5) is 20.4. The Morgan fingerprint density at radius 1 is 1.19 bits per heavy atom. The first-order valence-electron chi connectivity index (χ1n) is 11.9. The summed E-state index contributed by atoms with van der Waals surface area (Å²) in [6, 6.07) is 12.4. The van der Waals surface area contributed by atoms with Gasteiger partial charge in [0.05, 0.1) is 12.6 Å². The minimum Gasteiger partial charge on any atom is -0.475 e. The van der Waals surface area contributed by atoms with Crippen LogP contribution < -0.4 is 15.0 Å². The number of fused-ring (bicyclic) bond motifs is 1. The van der Waals surface area contributed by atoms with Crippen molar-refractivity contribution < 1.29 is 9.13 Å². The van der Waals surface area contributed by atoms with Crippen LogP contribution in [0, 0.1) is 5.82 Å². The smallest absolute Gasteiger partial charge is 0.228 e. The van der Waals surface area contributed by atoms with Crippen molar-refractivity contribution >= 4 is 45.9 Å². The fourth-order valence-corrected chi connectivity index (χ4v) is 5.62. The summed E-state index contributed by atoms with van der Waals surface area (Å²) in [6.07, 6.45) is 6.67. The Hall–Kier alpha value is -3.17. The predicted octanol–water partition coefficient (Wildman–Crippen LogP) is 5.82. The second-order valence-electron chi connectivity index (χ2n) is 8.80. The summed E-state index contributed by atoms with van der Waals surface area (Å²) in [6.45, 7) is 1.60. The molecule has 0 radical (unpaired) electrons. The van der Waals surface area contributed by atoms with Gasteiger partial charge in [-0.25, -0.2) is 19.3 Å². The number of nitrogens with zero attached hydrogens (tertiary/aromatic N) is 5. The molecule has 3 aromatic heterocycles. The van der Waals surface area contributed by atoms with E-state index in [4.69, 9.17) is 26.3 Å². The van der Waals surface area contributed by atoms with Gasteiger partial charge in [-0.05, 0) is 42.7 Å². The van der Waals surface area contributed by atoms with E-state index in [0.717, 1.165) is 30.6 Å². The third-order valence-corrected chi connectivity index (χ3v) is 7.51. The van der Waals surface area contributed by atoms with E-state index in [1.807, 2.05) is 30.7 Å². The predicted molar refractivity (Wildman–Crippen MR) is 141 cm³/mol. The molecule has 1 unspecified atom stereocenters. The monoisotopic (exact) mass is 522 g/mol. The largest absolute Gasteiger partial charge is 0.475 e. The average Bonchev–Trinajstić information content (AvgIpc) is 3.10. The normalized spacial score (nSPS) is 16.9. The van der Waals surface area contributed by atoms with Gasteiger partial charge in [0.15, 0.2) is 16.1 Å². The summed E-state index contributed by atoms with van der Waals surface area (Å²) in [5.74, 6) is 1.10. The van der Waals surface area contributed by atoms with Crippen molar-refractivity contribution in [1.82, 2.24) is 19.9 Å². The molecule has 1 aromatic carbocycles. The molecule has 0 spiro atoms. The first-order chi connectivity index (χ1) is 17.6. The number of anilines is 2. The topological polar surface area (TPSA) is 76.1 Å². The number of aromatic nitrogens is 4. The highest BCUT2D eigenvalue weighted by Crippen LogP contribution is 2.45. The van der Waals surface area contributed by atoms with E-state index in [9.17, 15) is 0 Å². The van der Waals surface area contributed by atoms with Crippen LogP contribution in [0.15, 0.2) is 47.8 Å². The minimum atomic E-state index is -0.657. The molecule has 4 aromatic rings. The van der Waals surface area contributed by atoms with Crippen molar-refractivity contribution in [3.05, 3.63) is 70.3 Å². The zero-order chi connectivity index (χ0) is 24.6. The van der Waals surface area contributed by atoms with E-state index in [0.29, 0.717) is 36.1 Å². The van der Waals surface area contributed by atoms with Crippen LogP contribution in [0.2, 0.25) is 5.15 Å². The zero-order valence-electron chi connectivity index (χ0n) is 19.7. The number of hydrogen-bond donors (Lipinski definition) is 1. The molecule has 0 amide bonds. The number of ether oxygens (including phenoxy) is 1. The quantitative estimate of drug-likeness (QED) is 0.199. The number of thioether (sulfide) groups is 1. The fraction of sp³-hybridized carbons (Fsp3) is 0.308. The van der Waals surface area contributed by atoms with Gasteiger partial charge in [0, 0.05) is 18.3 Å². The number of aryl methyl sites for hydroxylation is 1. The van der Waals surface area contributed by atoms with Crippen LogP contribution in [0.3, 0.4) is 0 Å². The van der Waals surface area contributed by atoms with Crippen LogP contribution in [-0.4, -0.2) is 39.3 Å². The van der Waals surface area contributed by atoms with Crippen molar-refractivity contribution in [3.63, 3.8) is 0 Å². The molecule has 1 aliphatic heterocycles. The van der Waals surface area contributed by atoms with Crippen LogP contribution in [0.5, 0.6) is 5.88 Å². The number of pyridine rings is 2. The Morgan fingerprint density at radius 3 is 2.89 bits per heavy atom. The van der Waals surface area contributed by atoms with E-state index in [1.54, 1.807) is 0 Å². The summed E-state index contributed by atoms with van der Waals surface area (Å²) in [7, 11) is 0. The van der Waals surface area contributed by atoms with Crippen molar-refractivity contribution in [3.8, 4) is 5.88 Å². The van der Waals surface area contributed by atoms with Crippen LogP contribution >= 0.6 is 23.4 Å². The zero-order valence-corrected chi connectivity index (χ0v) is 21.2. The molecular formula is C26H24ClFN6OS. The fourth-order valence-electron chi connectivity index (χ4n) is 5.10. The molecular weight excluding hydrogens is 499 g/mol. The van der Waals surface area contributed by atoms with E-state index in [1.165, 1.54) is 22.9 Å². The van der Waals surface area contributed by atoms with Gasteiger partial charge in [0.25, 0.3) is 0 Å². The first kappa shape index (κ1) is 23.2. The molecule has 1 N–H and O–H groups in total. The van der Waals surface area contributed by atoms with Crippen molar-refractivity contribution in [2.75, 3.05) is 29.6 Å². The van der Waals surface area contributed by atoms with E-state index in [-0.39, 0.29) is 22.6 Å². The number of benzene rings is 1. The highest BCUT2D eigenvalue weighted by molar-refractivity contribution is 7.98. The molecule has 0 saturated carbocycles. The van der Waals surface area contributed by atoms with Gasteiger partial charge < -0.3 is 15.0 Å². The summed E-state index contributed by atoms with van der Waals surface area (Å²) >= 11 is 7.45. The SMILES string of the molecule is CSc1nc2c3c(nc(Cl)c(F)c3n1)OCCN2C1CCCc2ccnc(NCc3ccccc3)c21. The Balaban J connectivity index is 1.47. The van der Waals surface area contributed by atoms with Gasteiger partial charge in [-0.15, -0.1) is 0 Å². The molecule has 4 heterocycles. The van der Waals surface area contributed by atoms with Crippen molar-refractivity contribution in [2.24, 2.45) is 0 Å². The molecule has 184 valence electrons. The lowest BCUT2D eigenvalue weighted by atomic mass is 9.87. The van der Waals surface area contributed by atoms with E-state index in [2.05, 4.69) is 38.4 Å². The lowest BCUT2D eigenvalue weighted by molar-refractivity contribution is 0.313. The molecule has 2 aliphatic rings. The number of hydrogen-bond acceptors (Lipinski definition) is 8. The molecule has 36 heavy (non-hydrogen) atoms. The summed E-state index contributed by atoms with van der Waals surface area (Å²) in [5, 5.41) is 4.25. The Kier molecular flexibility index (Phi) is 6.27. The van der Waals surface area contributed by atoms with E-state index >= 15 is 4.39 Å². The molecule has 0 bridgehead atoms. The maximum absolute atomic E-state index is 15.1. The number of halogens is 2. The molecule has 10 heteroatoms. The third-order valence-electron chi connectivity index (χ3n) is 6.71. The second kappa shape index (κ2) is 9.71. The maximum atomic E-state index is 15.1. The highest BCUT2D eigenvalue weighted by atomic mass is 35.5. The molecule has 6 rings (SSSR count). The van der Waals surface area contributed by atoms with Gasteiger partial charge in [-0.1, -0.05) is 53.7 Å². The highest BCUT2D eigenvalue weighted by Gasteiger charge is 2.34. The second-order valence-corrected chi connectivity index (χ2v) is 9.93. The molecule has 1 aliphatic carbocycles. The van der Waals surface area contributed by atoms with Crippen LogP contribution in [-0.2, 0) is 13.0 Å². The lowest BCUT2D eigenvalue weighted by Gasteiger charge is -2.37. The van der Waals surface area contributed by atoms with Gasteiger partial charge in [-0.3, -0.25) is 0 Å². The number of rotatable bonds is 5. The molecule has 1 atom stereocenters. The van der Waals surface area contributed by atoms with Crippen molar-refractivity contribution in [2.45, 2.75) is 37.0 Å². The molecule has 0 fully saturated rings. The number of nitrogens with one attached hydrogen (secondary N) is 1. The Labute approximate surface area is 217 Å².